The Morgan fingerprint density at radius 1 is 1.10 bits per heavy atom. The van der Waals surface area contributed by atoms with Crippen molar-refractivity contribution in [1.29, 1.82) is 0 Å². The molecule has 1 aromatic heterocycles. The van der Waals surface area contributed by atoms with E-state index in [0.717, 1.165) is 11.6 Å². The third-order valence-electron chi connectivity index (χ3n) is 3.97. The molecule has 1 aliphatic carbocycles. The highest BCUT2D eigenvalue weighted by Crippen LogP contribution is 2.25. The predicted octanol–water partition coefficient (Wildman–Crippen LogP) is 4.45. The first kappa shape index (κ1) is 15.1. The topological polar surface area (TPSA) is 28.2 Å². The van der Waals surface area contributed by atoms with Gasteiger partial charge in [0.05, 0.1) is 0 Å². The van der Waals surface area contributed by atoms with Crippen molar-refractivity contribution in [2.45, 2.75) is 70.9 Å². The van der Waals surface area contributed by atoms with Crippen LogP contribution in [0.2, 0.25) is 0 Å². The van der Waals surface area contributed by atoms with Gasteiger partial charge in [0.15, 0.2) is 0 Å². The highest BCUT2D eigenvalue weighted by molar-refractivity contribution is 5.48. The van der Waals surface area contributed by atoms with Crippen LogP contribution in [0, 0.1) is 0 Å². The van der Waals surface area contributed by atoms with E-state index in [2.05, 4.69) is 56.2 Å². The molecule has 0 saturated heterocycles. The molecular formula is C17H29N3. The Morgan fingerprint density at radius 2 is 1.75 bits per heavy atom. The van der Waals surface area contributed by atoms with Gasteiger partial charge in [-0.15, -0.1) is 0 Å². The molecule has 0 bridgehead atoms. The van der Waals surface area contributed by atoms with Crippen molar-refractivity contribution >= 4 is 11.6 Å². The molecule has 112 valence electrons. The van der Waals surface area contributed by atoms with E-state index < -0.39 is 0 Å². The lowest BCUT2D eigenvalue weighted by Crippen LogP contribution is -2.32. The molecule has 3 heteroatoms. The summed E-state index contributed by atoms with van der Waals surface area (Å²) in [6, 6.07) is 6.92. The van der Waals surface area contributed by atoms with Gasteiger partial charge in [-0.1, -0.05) is 31.7 Å². The third-order valence-corrected chi connectivity index (χ3v) is 3.97. The zero-order valence-electron chi connectivity index (χ0n) is 13.4. The van der Waals surface area contributed by atoms with Crippen molar-refractivity contribution in [3.63, 3.8) is 0 Å². The standard InChI is InChI=1S/C17H29N3/c1-17(2,3)19-15-12-9-13-16(18-15)20(4)14-10-7-5-6-8-11-14/h9,12-14H,5-8,10-11H2,1-4H3,(H,18,19). The normalized spacial score (nSPS) is 17.6. The molecule has 1 heterocycles. The minimum atomic E-state index is 0.0481. The summed E-state index contributed by atoms with van der Waals surface area (Å²) in [6.45, 7) is 6.49. The molecule has 0 aliphatic heterocycles. The van der Waals surface area contributed by atoms with E-state index in [0.29, 0.717) is 6.04 Å². The summed E-state index contributed by atoms with van der Waals surface area (Å²) in [7, 11) is 2.19. The van der Waals surface area contributed by atoms with Crippen LogP contribution in [0.5, 0.6) is 0 Å². The van der Waals surface area contributed by atoms with Crippen LogP contribution in [-0.4, -0.2) is 23.6 Å². The molecular weight excluding hydrogens is 246 g/mol. The molecule has 1 fully saturated rings. The number of aromatic nitrogens is 1. The highest BCUT2D eigenvalue weighted by atomic mass is 15.2. The average molecular weight is 275 g/mol. The first-order valence-electron chi connectivity index (χ1n) is 7.94. The number of pyridine rings is 1. The molecule has 0 aromatic carbocycles. The van der Waals surface area contributed by atoms with E-state index in [1.54, 1.807) is 0 Å². The first-order valence-corrected chi connectivity index (χ1v) is 7.94. The second-order valence-electron chi connectivity index (χ2n) is 7.01. The molecule has 0 radical (unpaired) electrons. The summed E-state index contributed by atoms with van der Waals surface area (Å²) in [4.78, 5) is 7.15. The molecule has 1 N–H and O–H groups in total. The van der Waals surface area contributed by atoms with Crippen molar-refractivity contribution < 1.29 is 0 Å². The van der Waals surface area contributed by atoms with Gasteiger partial charge in [-0.3, -0.25) is 0 Å². The molecule has 1 aliphatic rings. The number of hydrogen-bond acceptors (Lipinski definition) is 3. The van der Waals surface area contributed by atoms with Crippen LogP contribution < -0.4 is 10.2 Å². The van der Waals surface area contributed by atoms with Gasteiger partial charge in [0.2, 0.25) is 0 Å². The van der Waals surface area contributed by atoms with Gasteiger partial charge < -0.3 is 10.2 Å². The lowest BCUT2D eigenvalue weighted by molar-refractivity contribution is 0.549. The van der Waals surface area contributed by atoms with Crippen molar-refractivity contribution in [2.75, 3.05) is 17.3 Å². The summed E-state index contributed by atoms with van der Waals surface area (Å²) in [5.74, 6) is 2.06. The van der Waals surface area contributed by atoms with Crippen LogP contribution in [0.1, 0.15) is 59.3 Å². The fraction of sp³-hybridized carbons (Fsp3) is 0.706. The van der Waals surface area contributed by atoms with Gasteiger partial charge in [0, 0.05) is 18.6 Å². The first-order chi connectivity index (χ1) is 9.46. The van der Waals surface area contributed by atoms with Crippen LogP contribution in [0.15, 0.2) is 18.2 Å². The Balaban J connectivity index is 2.09. The average Bonchev–Trinajstić information content (AvgIpc) is 2.65. The van der Waals surface area contributed by atoms with Gasteiger partial charge in [-0.05, 0) is 45.7 Å². The fourth-order valence-corrected chi connectivity index (χ4v) is 2.91. The van der Waals surface area contributed by atoms with E-state index in [1.807, 2.05) is 0 Å². The second kappa shape index (κ2) is 6.47. The van der Waals surface area contributed by atoms with Crippen molar-refractivity contribution in [2.24, 2.45) is 0 Å². The van der Waals surface area contributed by atoms with Crippen LogP contribution in [0.4, 0.5) is 11.6 Å². The quantitative estimate of drug-likeness (QED) is 0.826. The van der Waals surface area contributed by atoms with Gasteiger partial charge in [0.25, 0.3) is 0 Å². The van der Waals surface area contributed by atoms with Crippen LogP contribution in [0.3, 0.4) is 0 Å². The molecule has 3 nitrogen and oxygen atoms in total. The molecule has 1 aromatic rings. The molecule has 0 spiro atoms. The van der Waals surface area contributed by atoms with E-state index in [-0.39, 0.29) is 5.54 Å². The third kappa shape index (κ3) is 4.39. The minimum Gasteiger partial charge on any atom is -0.365 e. The monoisotopic (exact) mass is 275 g/mol. The van der Waals surface area contributed by atoms with Crippen molar-refractivity contribution in [3.05, 3.63) is 18.2 Å². The molecule has 0 amide bonds. The smallest absolute Gasteiger partial charge is 0.130 e. The van der Waals surface area contributed by atoms with E-state index in [4.69, 9.17) is 4.98 Å². The number of hydrogen-bond donors (Lipinski definition) is 1. The predicted molar refractivity (Wildman–Crippen MR) is 87.5 cm³/mol. The number of rotatable bonds is 3. The maximum absolute atomic E-state index is 4.78. The van der Waals surface area contributed by atoms with Crippen molar-refractivity contribution in [3.8, 4) is 0 Å². The number of anilines is 2. The van der Waals surface area contributed by atoms with Crippen LogP contribution in [0.25, 0.3) is 0 Å². The fourth-order valence-electron chi connectivity index (χ4n) is 2.91. The Labute approximate surface area is 123 Å². The molecule has 20 heavy (non-hydrogen) atoms. The zero-order valence-corrected chi connectivity index (χ0v) is 13.4. The van der Waals surface area contributed by atoms with Gasteiger partial charge in [-0.25, -0.2) is 4.98 Å². The van der Waals surface area contributed by atoms with E-state index >= 15 is 0 Å². The van der Waals surface area contributed by atoms with Gasteiger partial charge >= 0.3 is 0 Å². The maximum Gasteiger partial charge on any atom is 0.130 e. The molecule has 0 atom stereocenters. The lowest BCUT2D eigenvalue weighted by atomic mass is 10.1. The summed E-state index contributed by atoms with van der Waals surface area (Å²) in [5, 5.41) is 3.45. The molecule has 1 saturated carbocycles. The van der Waals surface area contributed by atoms with E-state index in [1.165, 1.54) is 38.5 Å². The zero-order chi connectivity index (χ0) is 14.6. The van der Waals surface area contributed by atoms with Crippen molar-refractivity contribution in [1.82, 2.24) is 4.98 Å². The Morgan fingerprint density at radius 3 is 2.35 bits per heavy atom. The minimum absolute atomic E-state index is 0.0481. The van der Waals surface area contributed by atoms with Gasteiger partial charge in [-0.2, -0.15) is 0 Å². The number of nitrogens with one attached hydrogen (secondary N) is 1. The Hall–Kier alpha value is -1.25. The summed E-state index contributed by atoms with van der Waals surface area (Å²) >= 11 is 0. The lowest BCUT2D eigenvalue weighted by Gasteiger charge is -2.29. The largest absolute Gasteiger partial charge is 0.365 e. The highest BCUT2D eigenvalue weighted by Gasteiger charge is 2.18. The van der Waals surface area contributed by atoms with Gasteiger partial charge in [0.1, 0.15) is 11.6 Å². The Bertz CT molecular complexity index is 414. The SMILES string of the molecule is CN(c1cccc(NC(C)(C)C)n1)C1CCCCCC1. The summed E-state index contributed by atoms with van der Waals surface area (Å²) < 4.78 is 0. The Kier molecular flexibility index (Phi) is 4.90. The van der Waals surface area contributed by atoms with E-state index in [9.17, 15) is 0 Å². The van der Waals surface area contributed by atoms with Crippen LogP contribution >= 0.6 is 0 Å². The molecule has 0 unspecified atom stereocenters. The summed E-state index contributed by atoms with van der Waals surface area (Å²) in [6.07, 6.45) is 8.10. The van der Waals surface area contributed by atoms with Crippen LogP contribution in [-0.2, 0) is 0 Å². The molecule has 2 rings (SSSR count). The number of nitrogens with zero attached hydrogens (tertiary/aromatic N) is 2. The second-order valence-corrected chi connectivity index (χ2v) is 7.01. The summed E-state index contributed by atoms with van der Waals surface area (Å²) in [5.41, 5.74) is 0.0481. The maximum atomic E-state index is 4.78.